The van der Waals surface area contributed by atoms with Gasteiger partial charge in [0.15, 0.2) is 5.78 Å². The molecule has 0 radical (unpaired) electrons. The molecule has 0 bridgehead atoms. The lowest BCUT2D eigenvalue weighted by atomic mass is 10.1. The number of hydrogen-bond acceptors (Lipinski definition) is 5. The number of rotatable bonds is 10. The van der Waals surface area contributed by atoms with Crippen LogP contribution in [-0.2, 0) is 6.42 Å². The number of ether oxygens (including phenoxy) is 1. The molecule has 1 aromatic heterocycles. The quantitative estimate of drug-likeness (QED) is 0.512. The summed E-state index contributed by atoms with van der Waals surface area (Å²) in [5.74, 6) is 0.566. The van der Waals surface area contributed by atoms with Crippen molar-refractivity contribution in [3.8, 4) is 5.75 Å². The van der Waals surface area contributed by atoms with Gasteiger partial charge >= 0.3 is 0 Å². The average Bonchev–Trinajstić information content (AvgIpc) is 3.07. The molecule has 0 aliphatic heterocycles. The van der Waals surface area contributed by atoms with Crippen LogP contribution < -0.4 is 10.5 Å². The minimum Gasteiger partial charge on any atom is -0.489 e. The van der Waals surface area contributed by atoms with Crippen molar-refractivity contribution < 1.29 is 14.6 Å². The van der Waals surface area contributed by atoms with Crippen molar-refractivity contribution in [3.63, 3.8) is 0 Å². The number of carbonyl (C=O) groups is 1. The molecular formula is C19H23NO3S. The van der Waals surface area contributed by atoms with Crippen LogP contribution in [0.3, 0.4) is 0 Å². The molecule has 0 fully saturated rings. The summed E-state index contributed by atoms with van der Waals surface area (Å²) in [6, 6.07) is 11.2. The number of Topliss-reactive ketones (excluding diaryl/α,β-unsaturated/α-hetero) is 1. The number of thiophene rings is 1. The van der Waals surface area contributed by atoms with Gasteiger partial charge in [-0.2, -0.15) is 0 Å². The van der Waals surface area contributed by atoms with Crippen molar-refractivity contribution in [1.82, 2.24) is 0 Å². The van der Waals surface area contributed by atoms with E-state index in [-0.39, 0.29) is 12.4 Å². The molecule has 3 N–H and O–H groups in total. The summed E-state index contributed by atoms with van der Waals surface area (Å²) in [6.07, 6.45) is 2.51. The standard InChI is InChI=1S/C19H23NO3S/c1-2-6-15(20)17(22)13-23-18-11-12-24-19(18)16(21)10-9-14-7-4-3-5-8-14/h2-5,7-8,11-12,15,17,22H,1,6,9-10,13,20H2. The van der Waals surface area contributed by atoms with Crippen LogP contribution in [0.5, 0.6) is 5.75 Å². The molecule has 0 aliphatic rings. The first-order valence-electron chi connectivity index (χ1n) is 7.93. The van der Waals surface area contributed by atoms with E-state index in [1.807, 2.05) is 35.7 Å². The SMILES string of the molecule is C=CCC(N)C(O)COc1ccsc1C(=O)CCc1ccccc1. The number of ketones is 1. The minimum atomic E-state index is -0.796. The molecule has 0 amide bonds. The molecule has 2 rings (SSSR count). The minimum absolute atomic E-state index is 0.0498. The third kappa shape index (κ3) is 5.30. The van der Waals surface area contributed by atoms with Gasteiger partial charge in [0.25, 0.3) is 0 Å². The van der Waals surface area contributed by atoms with Crippen LogP contribution in [0.4, 0.5) is 0 Å². The van der Waals surface area contributed by atoms with Crippen molar-refractivity contribution >= 4 is 17.1 Å². The molecule has 24 heavy (non-hydrogen) atoms. The topological polar surface area (TPSA) is 72.6 Å². The summed E-state index contributed by atoms with van der Waals surface area (Å²) in [4.78, 5) is 13.0. The highest BCUT2D eigenvalue weighted by Gasteiger charge is 2.18. The van der Waals surface area contributed by atoms with Crippen LogP contribution in [0, 0.1) is 0 Å². The lowest BCUT2D eigenvalue weighted by molar-refractivity contribution is 0.0842. The Balaban J connectivity index is 1.89. The highest BCUT2D eigenvalue weighted by atomic mass is 32.1. The second-order valence-electron chi connectivity index (χ2n) is 5.59. The molecule has 0 aliphatic carbocycles. The van der Waals surface area contributed by atoms with E-state index in [1.54, 1.807) is 12.1 Å². The molecule has 0 spiro atoms. The zero-order valence-electron chi connectivity index (χ0n) is 13.6. The number of nitrogens with two attached hydrogens (primary N) is 1. The first kappa shape index (κ1) is 18.4. The Hall–Kier alpha value is -1.95. The number of aryl methyl sites for hydroxylation is 1. The van der Waals surface area contributed by atoms with Crippen molar-refractivity contribution in [2.45, 2.75) is 31.4 Å². The van der Waals surface area contributed by atoms with Gasteiger partial charge in [0.05, 0.1) is 0 Å². The summed E-state index contributed by atoms with van der Waals surface area (Å²) in [7, 11) is 0. The number of carbonyl (C=O) groups excluding carboxylic acids is 1. The largest absolute Gasteiger partial charge is 0.489 e. The highest BCUT2D eigenvalue weighted by molar-refractivity contribution is 7.12. The monoisotopic (exact) mass is 345 g/mol. The third-order valence-corrected chi connectivity index (χ3v) is 4.65. The molecular weight excluding hydrogens is 322 g/mol. The predicted molar refractivity (Wildman–Crippen MR) is 97.7 cm³/mol. The van der Waals surface area contributed by atoms with Gasteiger partial charge in [0.2, 0.25) is 0 Å². The fraction of sp³-hybridized carbons (Fsp3) is 0.316. The van der Waals surface area contributed by atoms with Gasteiger partial charge in [0, 0.05) is 12.5 Å². The molecule has 2 unspecified atom stereocenters. The van der Waals surface area contributed by atoms with E-state index in [0.29, 0.717) is 29.9 Å². The van der Waals surface area contributed by atoms with Crippen molar-refractivity contribution in [1.29, 1.82) is 0 Å². The van der Waals surface area contributed by atoms with E-state index in [4.69, 9.17) is 10.5 Å². The normalized spacial score (nSPS) is 13.2. The number of hydrogen-bond donors (Lipinski definition) is 2. The fourth-order valence-corrected chi connectivity index (χ4v) is 3.08. The Morgan fingerprint density at radius 2 is 2.08 bits per heavy atom. The molecule has 128 valence electrons. The first-order chi connectivity index (χ1) is 11.6. The maximum atomic E-state index is 12.4. The zero-order valence-corrected chi connectivity index (χ0v) is 14.4. The van der Waals surface area contributed by atoms with E-state index in [1.165, 1.54) is 11.3 Å². The van der Waals surface area contributed by atoms with E-state index in [9.17, 15) is 9.90 Å². The van der Waals surface area contributed by atoms with Crippen LogP contribution >= 0.6 is 11.3 Å². The molecule has 1 heterocycles. The second-order valence-corrected chi connectivity index (χ2v) is 6.51. The van der Waals surface area contributed by atoms with Crippen LogP contribution in [0.25, 0.3) is 0 Å². The molecule has 0 saturated heterocycles. The fourth-order valence-electron chi connectivity index (χ4n) is 2.28. The summed E-state index contributed by atoms with van der Waals surface area (Å²) >= 11 is 1.36. The van der Waals surface area contributed by atoms with Crippen LogP contribution in [0.2, 0.25) is 0 Å². The Labute approximate surface area is 146 Å². The van der Waals surface area contributed by atoms with Crippen molar-refractivity contribution in [2.24, 2.45) is 5.73 Å². The van der Waals surface area contributed by atoms with E-state index < -0.39 is 12.1 Å². The van der Waals surface area contributed by atoms with Crippen LogP contribution in [-0.4, -0.2) is 29.6 Å². The van der Waals surface area contributed by atoms with Gasteiger partial charge in [-0.05, 0) is 29.9 Å². The molecule has 1 aromatic carbocycles. The summed E-state index contributed by atoms with van der Waals surface area (Å²) < 4.78 is 5.60. The van der Waals surface area contributed by atoms with E-state index in [0.717, 1.165) is 5.56 Å². The molecule has 0 saturated carbocycles. The number of benzene rings is 1. The highest BCUT2D eigenvalue weighted by Crippen LogP contribution is 2.27. The Morgan fingerprint density at radius 1 is 1.33 bits per heavy atom. The first-order valence-corrected chi connectivity index (χ1v) is 8.81. The lowest BCUT2D eigenvalue weighted by Crippen LogP contribution is -2.38. The molecule has 2 atom stereocenters. The summed E-state index contributed by atoms with van der Waals surface area (Å²) in [6.45, 7) is 3.66. The van der Waals surface area contributed by atoms with Gasteiger partial charge in [-0.1, -0.05) is 36.4 Å². The van der Waals surface area contributed by atoms with Gasteiger partial charge in [-0.25, -0.2) is 0 Å². The zero-order chi connectivity index (χ0) is 17.4. The van der Waals surface area contributed by atoms with Crippen molar-refractivity contribution in [3.05, 3.63) is 64.9 Å². The maximum Gasteiger partial charge on any atom is 0.176 e. The summed E-state index contributed by atoms with van der Waals surface area (Å²) in [5.41, 5.74) is 6.95. The maximum absolute atomic E-state index is 12.4. The Morgan fingerprint density at radius 3 is 2.79 bits per heavy atom. The average molecular weight is 345 g/mol. The van der Waals surface area contributed by atoms with Crippen LogP contribution in [0.1, 0.15) is 28.1 Å². The smallest absolute Gasteiger partial charge is 0.176 e. The molecule has 2 aromatic rings. The van der Waals surface area contributed by atoms with Gasteiger partial charge in [0.1, 0.15) is 23.3 Å². The van der Waals surface area contributed by atoms with Gasteiger partial charge in [-0.15, -0.1) is 17.9 Å². The number of aliphatic hydroxyl groups excluding tert-OH is 1. The Bertz CT molecular complexity index is 654. The summed E-state index contributed by atoms with van der Waals surface area (Å²) in [5, 5.41) is 11.8. The lowest BCUT2D eigenvalue weighted by Gasteiger charge is -2.17. The number of aliphatic hydroxyl groups is 1. The second kappa shape index (κ2) is 9.37. The van der Waals surface area contributed by atoms with Crippen LogP contribution in [0.15, 0.2) is 54.4 Å². The third-order valence-electron chi connectivity index (χ3n) is 3.71. The van der Waals surface area contributed by atoms with Gasteiger partial charge in [-0.3, -0.25) is 4.79 Å². The van der Waals surface area contributed by atoms with Gasteiger partial charge < -0.3 is 15.6 Å². The molecule has 5 heteroatoms. The predicted octanol–water partition coefficient (Wildman–Crippen LogP) is 3.21. The Kier molecular flexibility index (Phi) is 7.18. The van der Waals surface area contributed by atoms with Crippen molar-refractivity contribution in [2.75, 3.05) is 6.61 Å². The van der Waals surface area contributed by atoms with E-state index in [2.05, 4.69) is 6.58 Å². The molecule has 4 nitrogen and oxygen atoms in total. The van der Waals surface area contributed by atoms with E-state index >= 15 is 0 Å².